The second-order valence-electron chi connectivity index (χ2n) is 5.17. The van der Waals surface area contributed by atoms with Crippen LogP contribution in [0.15, 0.2) is 37.8 Å². The van der Waals surface area contributed by atoms with Crippen molar-refractivity contribution in [2.24, 2.45) is 0 Å². The summed E-state index contributed by atoms with van der Waals surface area (Å²) < 4.78 is 24.8. The molecule has 1 N–H and O–H groups in total. The maximum Gasteiger partial charge on any atom is 0.234 e. The van der Waals surface area contributed by atoms with Crippen LogP contribution < -0.4 is 5.32 Å². The summed E-state index contributed by atoms with van der Waals surface area (Å²) in [6, 6.07) is 6.21. The SMILES string of the molecule is CCCCSc1nnc(SCC(=O)Nc2cccc(S(C)(=O)=O)c2)s1. The third-order valence-electron chi connectivity index (χ3n) is 2.98. The molecule has 0 fully saturated rings. The Morgan fingerprint density at radius 3 is 2.64 bits per heavy atom. The molecule has 1 aromatic carbocycles. The number of carbonyl (C=O) groups is 1. The largest absolute Gasteiger partial charge is 0.325 e. The zero-order valence-corrected chi connectivity index (χ0v) is 17.2. The standard InChI is InChI=1S/C15H19N3O3S4/c1-3-4-8-22-14-17-18-15(24-14)23-10-13(19)16-11-6-5-7-12(9-11)25(2,20)21/h5-7,9H,3-4,8,10H2,1-2H3,(H,16,19). The minimum atomic E-state index is -3.30. The van der Waals surface area contributed by atoms with Crippen molar-refractivity contribution in [1.29, 1.82) is 0 Å². The second-order valence-corrected chi connectivity index (χ2v) is 10.7. The summed E-state index contributed by atoms with van der Waals surface area (Å²) in [7, 11) is -3.30. The van der Waals surface area contributed by atoms with Crippen LogP contribution in [-0.2, 0) is 14.6 Å². The van der Waals surface area contributed by atoms with E-state index >= 15 is 0 Å². The Hall–Kier alpha value is -1.10. The third kappa shape index (κ3) is 6.96. The van der Waals surface area contributed by atoms with Crippen molar-refractivity contribution in [1.82, 2.24) is 10.2 Å². The molecule has 0 aliphatic heterocycles. The van der Waals surface area contributed by atoms with E-state index in [-0.39, 0.29) is 16.6 Å². The molecular weight excluding hydrogens is 398 g/mol. The normalized spacial score (nSPS) is 11.4. The number of thioether (sulfide) groups is 2. The molecule has 0 bridgehead atoms. The number of benzene rings is 1. The first-order valence-electron chi connectivity index (χ1n) is 7.57. The number of amides is 1. The van der Waals surface area contributed by atoms with Gasteiger partial charge in [-0.2, -0.15) is 0 Å². The molecule has 0 atom stereocenters. The van der Waals surface area contributed by atoms with Crippen molar-refractivity contribution in [2.75, 3.05) is 23.1 Å². The van der Waals surface area contributed by atoms with Gasteiger partial charge in [0.2, 0.25) is 5.91 Å². The molecule has 6 nitrogen and oxygen atoms in total. The molecular formula is C15H19N3O3S4. The van der Waals surface area contributed by atoms with Gasteiger partial charge in [0, 0.05) is 17.7 Å². The summed E-state index contributed by atoms with van der Waals surface area (Å²) in [5, 5.41) is 10.9. The Labute approximate surface area is 160 Å². The zero-order chi connectivity index (χ0) is 18.3. The summed E-state index contributed by atoms with van der Waals surface area (Å²) in [4.78, 5) is 12.2. The van der Waals surface area contributed by atoms with Crippen LogP contribution in [-0.4, -0.2) is 42.3 Å². The minimum absolute atomic E-state index is 0.177. The highest BCUT2D eigenvalue weighted by molar-refractivity contribution is 8.03. The van der Waals surface area contributed by atoms with E-state index in [0.29, 0.717) is 5.69 Å². The highest BCUT2D eigenvalue weighted by atomic mass is 32.2. The number of unbranched alkanes of at least 4 members (excludes halogenated alkanes) is 1. The van der Waals surface area contributed by atoms with Gasteiger partial charge < -0.3 is 5.32 Å². The van der Waals surface area contributed by atoms with E-state index in [1.807, 2.05) is 0 Å². The monoisotopic (exact) mass is 417 g/mol. The first-order chi connectivity index (χ1) is 11.9. The van der Waals surface area contributed by atoms with E-state index in [1.54, 1.807) is 23.9 Å². The molecule has 136 valence electrons. The maximum atomic E-state index is 12.0. The van der Waals surface area contributed by atoms with Gasteiger partial charge in [-0.3, -0.25) is 4.79 Å². The van der Waals surface area contributed by atoms with E-state index in [2.05, 4.69) is 22.4 Å². The van der Waals surface area contributed by atoms with Crippen molar-refractivity contribution in [3.63, 3.8) is 0 Å². The number of carbonyl (C=O) groups excluding carboxylic acids is 1. The third-order valence-corrected chi connectivity index (χ3v) is 7.37. The first-order valence-corrected chi connectivity index (χ1v) is 12.3. The Morgan fingerprint density at radius 1 is 1.24 bits per heavy atom. The fourth-order valence-electron chi connectivity index (χ4n) is 1.75. The van der Waals surface area contributed by atoms with Crippen LogP contribution in [0, 0.1) is 0 Å². The van der Waals surface area contributed by atoms with Crippen LogP contribution in [0.1, 0.15) is 19.8 Å². The maximum absolute atomic E-state index is 12.0. The summed E-state index contributed by atoms with van der Waals surface area (Å²) in [6.07, 6.45) is 3.42. The Kier molecular flexibility index (Phi) is 7.73. The lowest BCUT2D eigenvalue weighted by atomic mass is 10.3. The lowest BCUT2D eigenvalue weighted by Gasteiger charge is -2.06. The lowest BCUT2D eigenvalue weighted by molar-refractivity contribution is -0.113. The molecule has 10 heteroatoms. The average Bonchev–Trinajstić information content (AvgIpc) is 3.01. The zero-order valence-electron chi connectivity index (χ0n) is 13.9. The lowest BCUT2D eigenvalue weighted by Crippen LogP contribution is -2.14. The Morgan fingerprint density at radius 2 is 1.96 bits per heavy atom. The van der Waals surface area contributed by atoms with Crippen LogP contribution >= 0.6 is 34.9 Å². The topological polar surface area (TPSA) is 89.0 Å². The first kappa shape index (κ1) is 20.2. The number of sulfone groups is 1. The van der Waals surface area contributed by atoms with Crippen molar-refractivity contribution in [3.8, 4) is 0 Å². The van der Waals surface area contributed by atoms with Crippen molar-refractivity contribution >= 4 is 56.3 Å². The molecule has 1 aromatic heterocycles. The fraction of sp³-hybridized carbons (Fsp3) is 0.400. The van der Waals surface area contributed by atoms with Gasteiger partial charge >= 0.3 is 0 Å². The Bertz CT molecular complexity index is 821. The van der Waals surface area contributed by atoms with Crippen LogP contribution in [0.3, 0.4) is 0 Å². The van der Waals surface area contributed by atoms with Gasteiger partial charge in [-0.1, -0.05) is 54.3 Å². The number of anilines is 1. The van der Waals surface area contributed by atoms with E-state index in [1.165, 1.54) is 35.2 Å². The van der Waals surface area contributed by atoms with Crippen LogP contribution in [0.25, 0.3) is 0 Å². The van der Waals surface area contributed by atoms with Crippen molar-refractivity contribution < 1.29 is 13.2 Å². The molecule has 1 amide bonds. The highest BCUT2D eigenvalue weighted by Crippen LogP contribution is 2.29. The van der Waals surface area contributed by atoms with Crippen molar-refractivity contribution in [2.45, 2.75) is 33.3 Å². The fourth-order valence-corrected chi connectivity index (χ4v) is 5.39. The molecule has 0 radical (unpaired) electrons. The number of hydrogen-bond acceptors (Lipinski definition) is 8. The van der Waals surface area contributed by atoms with Crippen LogP contribution in [0.4, 0.5) is 5.69 Å². The summed E-state index contributed by atoms with van der Waals surface area (Å²) in [5.41, 5.74) is 0.460. The molecule has 0 aliphatic carbocycles. The molecule has 1 heterocycles. The van der Waals surface area contributed by atoms with E-state index in [9.17, 15) is 13.2 Å². The molecule has 25 heavy (non-hydrogen) atoms. The molecule has 0 aliphatic rings. The van der Waals surface area contributed by atoms with Gasteiger partial charge in [-0.25, -0.2) is 8.42 Å². The van der Waals surface area contributed by atoms with Gasteiger partial charge in [-0.15, -0.1) is 10.2 Å². The number of aromatic nitrogens is 2. The molecule has 0 saturated heterocycles. The predicted molar refractivity (Wildman–Crippen MR) is 104 cm³/mol. The van der Waals surface area contributed by atoms with E-state index in [4.69, 9.17) is 0 Å². The molecule has 0 spiro atoms. The quantitative estimate of drug-likeness (QED) is 0.493. The smallest absolute Gasteiger partial charge is 0.234 e. The van der Waals surface area contributed by atoms with Crippen molar-refractivity contribution in [3.05, 3.63) is 24.3 Å². The number of nitrogens with zero attached hydrogens (tertiary/aromatic N) is 2. The summed E-state index contributed by atoms with van der Waals surface area (Å²) >= 11 is 4.48. The van der Waals surface area contributed by atoms with Gasteiger partial charge in [0.05, 0.1) is 10.6 Å². The molecule has 0 saturated carbocycles. The predicted octanol–water partition coefficient (Wildman–Crippen LogP) is 3.56. The molecule has 2 aromatic rings. The van der Waals surface area contributed by atoms with Gasteiger partial charge in [0.15, 0.2) is 18.5 Å². The van der Waals surface area contributed by atoms with Crippen LogP contribution in [0.2, 0.25) is 0 Å². The molecule has 0 unspecified atom stereocenters. The van der Waals surface area contributed by atoms with E-state index < -0.39 is 9.84 Å². The average molecular weight is 418 g/mol. The van der Waals surface area contributed by atoms with Crippen LogP contribution in [0.5, 0.6) is 0 Å². The summed E-state index contributed by atoms with van der Waals surface area (Å²) in [6.45, 7) is 2.15. The second kappa shape index (κ2) is 9.56. The van der Waals surface area contributed by atoms with Gasteiger partial charge in [0.25, 0.3) is 0 Å². The number of nitrogens with one attached hydrogen (secondary N) is 1. The summed E-state index contributed by atoms with van der Waals surface area (Å²) in [5.74, 6) is 0.996. The highest BCUT2D eigenvalue weighted by Gasteiger charge is 2.11. The molecule has 2 rings (SSSR count). The number of rotatable bonds is 9. The minimum Gasteiger partial charge on any atom is -0.325 e. The Balaban J connectivity index is 1.85. The number of hydrogen-bond donors (Lipinski definition) is 1. The van der Waals surface area contributed by atoms with Gasteiger partial charge in [-0.05, 0) is 24.6 Å². The van der Waals surface area contributed by atoms with E-state index in [0.717, 1.165) is 33.5 Å². The van der Waals surface area contributed by atoms with Gasteiger partial charge in [0.1, 0.15) is 0 Å².